The minimum Gasteiger partial charge on any atom is -0.492 e. The molecule has 0 amide bonds. The quantitative estimate of drug-likeness (QED) is 0.808. The molecule has 0 fully saturated rings. The molecular weight excluding hydrogens is 228 g/mol. The smallest absolute Gasteiger partial charge is 0.310 e. The summed E-state index contributed by atoms with van der Waals surface area (Å²) in [6, 6.07) is 7.08. The highest BCUT2D eigenvalue weighted by Crippen LogP contribution is 2.21. The molecule has 0 bridgehead atoms. The zero-order chi connectivity index (χ0) is 12.1. The summed E-state index contributed by atoms with van der Waals surface area (Å²) in [5.41, 5.74) is 0.729. The van der Waals surface area contributed by atoms with E-state index in [9.17, 15) is 4.79 Å². The van der Waals surface area contributed by atoms with Gasteiger partial charge in [0.2, 0.25) is 0 Å². The van der Waals surface area contributed by atoms with Crippen LogP contribution in [0.5, 0.6) is 5.75 Å². The van der Waals surface area contributed by atoms with Gasteiger partial charge >= 0.3 is 5.97 Å². The maximum Gasteiger partial charge on any atom is 0.310 e. The number of aliphatic carboxylic acids is 1. The van der Waals surface area contributed by atoms with Crippen molar-refractivity contribution < 1.29 is 14.6 Å². The topological polar surface area (TPSA) is 46.5 Å². The largest absolute Gasteiger partial charge is 0.492 e. The highest BCUT2D eigenvalue weighted by molar-refractivity contribution is 6.20. The maximum atomic E-state index is 10.8. The van der Waals surface area contributed by atoms with E-state index in [0.29, 0.717) is 12.4 Å². The van der Waals surface area contributed by atoms with Crippen LogP contribution in [0.2, 0.25) is 0 Å². The first-order valence-corrected chi connectivity index (χ1v) is 5.54. The van der Waals surface area contributed by atoms with Crippen LogP contribution in [0.3, 0.4) is 0 Å². The number of hydrogen-bond acceptors (Lipinski definition) is 2. The molecule has 0 saturated carbocycles. The first-order chi connectivity index (χ1) is 7.50. The summed E-state index contributed by atoms with van der Waals surface area (Å²) in [5, 5.41) is 8.81. The van der Waals surface area contributed by atoms with Crippen molar-refractivity contribution in [3.8, 4) is 5.75 Å². The lowest BCUT2D eigenvalue weighted by atomic mass is 10.0. The van der Waals surface area contributed by atoms with Crippen LogP contribution in [-0.2, 0) is 4.79 Å². The van der Waals surface area contributed by atoms with Gasteiger partial charge in [0.1, 0.15) is 12.4 Å². The lowest BCUT2D eigenvalue weighted by Crippen LogP contribution is -2.09. The Bertz CT molecular complexity index is 363. The molecule has 0 radical (unpaired) electrons. The molecule has 2 atom stereocenters. The van der Waals surface area contributed by atoms with E-state index in [1.807, 2.05) is 6.92 Å². The molecule has 0 aromatic heterocycles. The Morgan fingerprint density at radius 3 is 2.75 bits per heavy atom. The van der Waals surface area contributed by atoms with Crippen molar-refractivity contribution in [1.29, 1.82) is 0 Å². The number of carboxylic acid groups (broad SMARTS) is 1. The molecule has 0 aliphatic carbocycles. The van der Waals surface area contributed by atoms with Gasteiger partial charge in [-0.2, -0.15) is 0 Å². The molecular formula is C12H15ClO3. The molecule has 0 spiro atoms. The predicted octanol–water partition coefficient (Wildman–Crippen LogP) is 2.88. The fourth-order valence-corrected chi connectivity index (χ4v) is 1.29. The van der Waals surface area contributed by atoms with Gasteiger partial charge in [-0.15, -0.1) is 11.6 Å². The average Bonchev–Trinajstić information content (AvgIpc) is 2.25. The van der Waals surface area contributed by atoms with Crippen LogP contribution in [0, 0.1) is 0 Å². The molecule has 0 saturated heterocycles. The van der Waals surface area contributed by atoms with Crippen molar-refractivity contribution in [2.75, 3.05) is 6.61 Å². The van der Waals surface area contributed by atoms with Crippen LogP contribution in [0.25, 0.3) is 0 Å². The molecule has 3 nitrogen and oxygen atoms in total. The Hall–Kier alpha value is -1.22. The average molecular weight is 243 g/mol. The minimum atomic E-state index is -0.845. The highest BCUT2D eigenvalue weighted by atomic mass is 35.5. The van der Waals surface area contributed by atoms with Crippen LogP contribution in [0.1, 0.15) is 25.3 Å². The van der Waals surface area contributed by atoms with Crippen molar-refractivity contribution in [1.82, 2.24) is 0 Å². The molecule has 1 aromatic carbocycles. The molecule has 4 heteroatoms. The molecule has 16 heavy (non-hydrogen) atoms. The van der Waals surface area contributed by atoms with E-state index in [-0.39, 0.29) is 5.38 Å². The molecule has 88 valence electrons. The van der Waals surface area contributed by atoms with Gasteiger partial charge in [-0.1, -0.05) is 12.1 Å². The van der Waals surface area contributed by atoms with Crippen LogP contribution in [0.15, 0.2) is 24.3 Å². The summed E-state index contributed by atoms with van der Waals surface area (Å²) in [5.74, 6) is -0.724. The summed E-state index contributed by atoms with van der Waals surface area (Å²) in [7, 11) is 0. The molecule has 0 aliphatic rings. The third-order valence-electron chi connectivity index (χ3n) is 2.21. The zero-order valence-corrected chi connectivity index (χ0v) is 10.1. The number of halogens is 1. The second-order valence-corrected chi connectivity index (χ2v) is 4.47. The molecule has 2 unspecified atom stereocenters. The fraction of sp³-hybridized carbons (Fsp3) is 0.417. The summed E-state index contributed by atoms with van der Waals surface area (Å²) in [6.07, 6.45) is 0. The van der Waals surface area contributed by atoms with Crippen LogP contribution < -0.4 is 4.74 Å². The normalized spacial score (nSPS) is 14.2. The minimum absolute atomic E-state index is 0.0689. The maximum absolute atomic E-state index is 10.8. The Kier molecular flexibility index (Phi) is 4.62. The van der Waals surface area contributed by atoms with Crippen molar-refractivity contribution >= 4 is 17.6 Å². The Balaban J connectivity index is 2.74. The lowest BCUT2D eigenvalue weighted by molar-refractivity contribution is -0.138. The SMILES string of the molecule is CC(Cl)COc1cccc(C(C)C(=O)O)c1. The third-order valence-corrected chi connectivity index (χ3v) is 2.33. The van der Waals surface area contributed by atoms with Gasteiger partial charge in [0.05, 0.1) is 11.3 Å². The predicted molar refractivity (Wildman–Crippen MR) is 63.3 cm³/mol. The van der Waals surface area contributed by atoms with E-state index in [4.69, 9.17) is 21.4 Å². The first kappa shape index (κ1) is 12.8. The Morgan fingerprint density at radius 2 is 2.19 bits per heavy atom. The van der Waals surface area contributed by atoms with Gasteiger partial charge in [-0.3, -0.25) is 4.79 Å². The second kappa shape index (κ2) is 5.75. The number of benzene rings is 1. The van der Waals surface area contributed by atoms with E-state index in [1.54, 1.807) is 31.2 Å². The van der Waals surface area contributed by atoms with Gasteiger partial charge in [0.25, 0.3) is 0 Å². The van der Waals surface area contributed by atoms with Gasteiger partial charge in [0.15, 0.2) is 0 Å². The second-order valence-electron chi connectivity index (χ2n) is 3.72. The molecule has 1 N–H and O–H groups in total. The Morgan fingerprint density at radius 1 is 1.50 bits per heavy atom. The molecule has 0 aliphatic heterocycles. The summed E-state index contributed by atoms with van der Waals surface area (Å²) < 4.78 is 5.41. The van der Waals surface area contributed by atoms with Gasteiger partial charge in [-0.05, 0) is 31.5 Å². The number of rotatable bonds is 5. The van der Waals surface area contributed by atoms with Gasteiger partial charge in [0, 0.05) is 0 Å². The van der Waals surface area contributed by atoms with E-state index in [2.05, 4.69) is 0 Å². The number of alkyl halides is 1. The summed E-state index contributed by atoms with van der Waals surface area (Å²) >= 11 is 5.76. The van der Waals surface area contributed by atoms with Crippen molar-refractivity contribution in [3.05, 3.63) is 29.8 Å². The molecule has 1 aromatic rings. The van der Waals surface area contributed by atoms with E-state index >= 15 is 0 Å². The monoisotopic (exact) mass is 242 g/mol. The van der Waals surface area contributed by atoms with Crippen LogP contribution in [-0.4, -0.2) is 23.1 Å². The number of ether oxygens (including phenoxy) is 1. The van der Waals surface area contributed by atoms with Crippen molar-refractivity contribution in [3.63, 3.8) is 0 Å². The molecule has 1 rings (SSSR count). The lowest BCUT2D eigenvalue weighted by Gasteiger charge is -2.11. The van der Waals surface area contributed by atoms with Gasteiger partial charge < -0.3 is 9.84 Å². The zero-order valence-electron chi connectivity index (χ0n) is 9.31. The fourth-order valence-electron chi connectivity index (χ4n) is 1.23. The molecule has 0 heterocycles. The highest BCUT2D eigenvalue weighted by Gasteiger charge is 2.13. The number of carbonyl (C=O) groups is 1. The third kappa shape index (κ3) is 3.74. The van der Waals surface area contributed by atoms with Gasteiger partial charge in [-0.25, -0.2) is 0 Å². The van der Waals surface area contributed by atoms with E-state index in [0.717, 1.165) is 5.56 Å². The van der Waals surface area contributed by atoms with E-state index in [1.165, 1.54) is 0 Å². The standard InChI is InChI=1S/C12H15ClO3/c1-8(13)7-16-11-5-3-4-10(6-11)9(2)12(14)15/h3-6,8-9H,7H2,1-2H3,(H,14,15). The van der Waals surface area contributed by atoms with Crippen LogP contribution in [0.4, 0.5) is 0 Å². The van der Waals surface area contributed by atoms with Crippen molar-refractivity contribution in [2.45, 2.75) is 25.1 Å². The first-order valence-electron chi connectivity index (χ1n) is 5.10. The van der Waals surface area contributed by atoms with Crippen molar-refractivity contribution in [2.24, 2.45) is 0 Å². The van der Waals surface area contributed by atoms with E-state index < -0.39 is 11.9 Å². The summed E-state index contributed by atoms with van der Waals surface area (Å²) in [6.45, 7) is 3.89. The number of hydrogen-bond donors (Lipinski definition) is 1. The van der Waals surface area contributed by atoms with Crippen LogP contribution >= 0.6 is 11.6 Å². The number of carboxylic acids is 1. The Labute approximate surface area is 100.0 Å². The summed E-state index contributed by atoms with van der Waals surface area (Å²) in [4.78, 5) is 10.8.